The van der Waals surface area contributed by atoms with Crippen LogP contribution in [0.3, 0.4) is 0 Å². The molecular weight excluding hydrogens is 506 g/mol. The molecule has 0 aliphatic carbocycles. The van der Waals surface area contributed by atoms with E-state index in [-0.39, 0.29) is 57.6 Å². The number of hydrogen-bond donors (Lipinski definition) is 5. The van der Waals surface area contributed by atoms with Crippen LogP contribution in [0.2, 0.25) is 5.02 Å². The maximum absolute atomic E-state index is 13.8. The smallest absolute Gasteiger partial charge is 0.368 e. The summed E-state index contributed by atoms with van der Waals surface area (Å²) < 4.78 is 68.4. The summed E-state index contributed by atoms with van der Waals surface area (Å²) in [4.78, 5) is 3.70. The van der Waals surface area contributed by atoms with Crippen molar-refractivity contribution >= 4 is 51.6 Å². The average molecular weight is 526 g/mol. The van der Waals surface area contributed by atoms with Crippen LogP contribution >= 0.6 is 24.0 Å². The van der Waals surface area contributed by atoms with Crippen molar-refractivity contribution in [3.63, 3.8) is 0 Å². The predicted octanol–water partition coefficient (Wildman–Crippen LogP) is 3.39. The number of halogens is 5. The van der Waals surface area contributed by atoms with Crippen molar-refractivity contribution in [2.45, 2.75) is 11.1 Å². The number of anilines is 3. The number of H-pyrrole nitrogens is 1. The summed E-state index contributed by atoms with van der Waals surface area (Å²) in [6, 6.07) is 7.12. The maximum Gasteiger partial charge on any atom is 0.417 e. The van der Waals surface area contributed by atoms with Crippen LogP contribution in [0, 0.1) is 0 Å². The first-order chi connectivity index (χ1) is 15.0. The number of nitrogens with two attached hydrogens (primary N) is 1. The Morgan fingerprint density at radius 2 is 1.82 bits per heavy atom. The fourth-order valence-electron chi connectivity index (χ4n) is 2.85. The molecule has 2 aromatic carbocycles. The zero-order valence-electron chi connectivity index (χ0n) is 17.0. The van der Waals surface area contributed by atoms with E-state index >= 15 is 0 Å². The number of alkyl halides is 3. The summed E-state index contributed by atoms with van der Waals surface area (Å²) in [5, 5.41) is 11.3. The molecular formula is C18H20Cl2F3N7O2S. The van der Waals surface area contributed by atoms with E-state index < -0.39 is 21.8 Å². The molecule has 180 valence electrons. The summed E-state index contributed by atoms with van der Waals surface area (Å²) in [7, 11) is -2.13. The lowest BCUT2D eigenvalue weighted by atomic mass is 9.98. The number of nitrogens with zero attached hydrogens (tertiary/aromatic N) is 2. The van der Waals surface area contributed by atoms with Gasteiger partial charge in [-0.2, -0.15) is 18.2 Å². The van der Waals surface area contributed by atoms with Gasteiger partial charge in [0, 0.05) is 24.3 Å². The number of aromatic nitrogens is 3. The van der Waals surface area contributed by atoms with Gasteiger partial charge in [0.2, 0.25) is 21.9 Å². The van der Waals surface area contributed by atoms with Gasteiger partial charge < -0.3 is 16.4 Å². The fourth-order valence-corrected chi connectivity index (χ4v) is 4.21. The molecule has 3 aromatic rings. The quantitative estimate of drug-likeness (QED) is 0.284. The van der Waals surface area contributed by atoms with Crippen molar-refractivity contribution in [3.8, 4) is 11.1 Å². The highest BCUT2D eigenvalue weighted by molar-refractivity contribution is 7.89. The SMILES string of the molecule is CNCCNS(=O)(=O)c1ccc(-c2c(Cl)cc(Nc3n[nH]c(N)n3)cc2C(F)(F)F)cc1.Cl. The number of nitrogens with one attached hydrogen (secondary N) is 4. The molecule has 9 nitrogen and oxygen atoms in total. The van der Waals surface area contributed by atoms with Crippen LogP contribution in [0.5, 0.6) is 0 Å². The van der Waals surface area contributed by atoms with E-state index in [0.29, 0.717) is 6.54 Å². The number of rotatable bonds is 8. The van der Waals surface area contributed by atoms with Gasteiger partial charge in [-0.3, -0.25) is 0 Å². The Kier molecular flexibility index (Phi) is 8.54. The molecule has 0 unspecified atom stereocenters. The van der Waals surface area contributed by atoms with E-state index in [4.69, 9.17) is 17.3 Å². The van der Waals surface area contributed by atoms with E-state index in [1.165, 1.54) is 30.3 Å². The van der Waals surface area contributed by atoms with Crippen LogP contribution in [0.25, 0.3) is 11.1 Å². The lowest BCUT2D eigenvalue weighted by Crippen LogP contribution is -2.30. The molecule has 3 rings (SSSR count). The number of aromatic amines is 1. The summed E-state index contributed by atoms with van der Waals surface area (Å²) in [6.07, 6.45) is -4.74. The number of hydrogen-bond acceptors (Lipinski definition) is 7. The first-order valence-corrected chi connectivity index (χ1v) is 11.0. The average Bonchev–Trinajstić information content (AvgIpc) is 3.11. The van der Waals surface area contributed by atoms with Crippen molar-refractivity contribution in [1.29, 1.82) is 0 Å². The van der Waals surface area contributed by atoms with Crippen LogP contribution in [0.1, 0.15) is 5.56 Å². The molecule has 0 radical (unpaired) electrons. The van der Waals surface area contributed by atoms with Gasteiger partial charge in [-0.1, -0.05) is 23.7 Å². The fraction of sp³-hybridized carbons (Fsp3) is 0.222. The molecule has 0 aliphatic heterocycles. The van der Waals surface area contributed by atoms with Crippen LogP contribution in [0.15, 0.2) is 41.3 Å². The Bertz CT molecular complexity index is 1200. The molecule has 1 aromatic heterocycles. The number of benzene rings is 2. The number of nitrogen functional groups attached to an aromatic ring is 1. The van der Waals surface area contributed by atoms with Crippen molar-refractivity contribution in [1.82, 2.24) is 25.2 Å². The molecule has 0 spiro atoms. The monoisotopic (exact) mass is 525 g/mol. The molecule has 15 heteroatoms. The highest BCUT2D eigenvalue weighted by Crippen LogP contribution is 2.43. The van der Waals surface area contributed by atoms with Gasteiger partial charge >= 0.3 is 6.18 Å². The van der Waals surface area contributed by atoms with E-state index in [9.17, 15) is 21.6 Å². The summed E-state index contributed by atoms with van der Waals surface area (Å²) in [5.41, 5.74) is 4.21. The molecule has 0 saturated carbocycles. The van der Waals surface area contributed by atoms with Gasteiger partial charge in [0.15, 0.2) is 0 Å². The minimum atomic E-state index is -4.74. The normalized spacial score (nSPS) is 11.8. The molecule has 0 aliphatic rings. The Balaban J connectivity index is 0.00000385. The summed E-state index contributed by atoms with van der Waals surface area (Å²) >= 11 is 6.21. The van der Waals surface area contributed by atoms with Crippen LogP contribution < -0.4 is 21.1 Å². The third-order valence-electron chi connectivity index (χ3n) is 4.27. The van der Waals surface area contributed by atoms with E-state index in [2.05, 4.69) is 30.5 Å². The Hall–Kier alpha value is -2.58. The zero-order valence-corrected chi connectivity index (χ0v) is 19.4. The lowest BCUT2D eigenvalue weighted by Gasteiger charge is -2.17. The van der Waals surface area contributed by atoms with Gasteiger partial charge in [-0.05, 0) is 36.9 Å². The van der Waals surface area contributed by atoms with Crippen molar-refractivity contribution in [2.75, 3.05) is 31.2 Å². The van der Waals surface area contributed by atoms with E-state index in [1.54, 1.807) is 7.05 Å². The first kappa shape index (κ1) is 26.7. The van der Waals surface area contributed by atoms with Crippen molar-refractivity contribution in [2.24, 2.45) is 0 Å². The molecule has 6 N–H and O–H groups in total. The second kappa shape index (κ2) is 10.6. The lowest BCUT2D eigenvalue weighted by molar-refractivity contribution is -0.137. The van der Waals surface area contributed by atoms with Crippen molar-refractivity contribution < 1.29 is 21.6 Å². The second-order valence-corrected chi connectivity index (χ2v) is 8.75. The van der Waals surface area contributed by atoms with Crippen LogP contribution in [0.4, 0.5) is 30.8 Å². The minimum Gasteiger partial charge on any atom is -0.368 e. The summed E-state index contributed by atoms with van der Waals surface area (Å²) in [5.74, 6) is -0.0403. The highest BCUT2D eigenvalue weighted by atomic mass is 35.5. The molecule has 0 atom stereocenters. The third kappa shape index (κ3) is 6.48. The topological polar surface area (TPSA) is 138 Å². The molecule has 0 fully saturated rings. The van der Waals surface area contributed by atoms with E-state index in [0.717, 1.165) is 6.07 Å². The highest BCUT2D eigenvalue weighted by Gasteiger charge is 2.35. The number of sulfonamides is 1. The van der Waals surface area contributed by atoms with E-state index in [1.807, 2.05) is 0 Å². The summed E-state index contributed by atoms with van der Waals surface area (Å²) in [6.45, 7) is 0.582. The number of likely N-dealkylation sites (N-methyl/N-ethyl adjacent to an activating group) is 1. The molecule has 0 amide bonds. The van der Waals surface area contributed by atoms with Crippen LogP contribution in [-0.4, -0.2) is 43.7 Å². The maximum atomic E-state index is 13.8. The van der Waals surface area contributed by atoms with Gasteiger partial charge in [-0.25, -0.2) is 18.2 Å². The minimum absolute atomic E-state index is 0. The van der Waals surface area contributed by atoms with Gasteiger partial charge in [0.25, 0.3) is 0 Å². The predicted molar refractivity (Wildman–Crippen MR) is 122 cm³/mol. The Labute approximate surface area is 198 Å². The molecule has 1 heterocycles. The molecule has 0 bridgehead atoms. The van der Waals surface area contributed by atoms with Gasteiger partial charge in [0.05, 0.1) is 15.5 Å². The second-order valence-electron chi connectivity index (χ2n) is 6.57. The first-order valence-electron chi connectivity index (χ1n) is 9.11. The zero-order chi connectivity index (χ0) is 23.5. The standard InChI is InChI=1S/C18H19ClF3N7O2S.ClH/c1-24-6-7-25-32(30,31)12-4-2-10(3-5-12)15-13(18(20,21)22)8-11(9-14(15)19)26-17-27-16(23)28-29-17;/h2-5,8-9,24-25H,6-7H2,1H3,(H4,23,26,27,28,29);1H. The van der Waals surface area contributed by atoms with Gasteiger partial charge in [-0.15, -0.1) is 17.5 Å². The van der Waals surface area contributed by atoms with Crippen LogP contribution in [-0.2, 0) is 16.2 Å². The Morgan fingerprint density at radius 1 is 1.15 bits per heavy atom. The molecule has 33 heavy (non-hydrogen) atoms. The van der Waals surface area contributed by atoms with Crippen molar-refractivity contribution in [3.05, 3.63) is 47.0 Å². The largest absolute Gasteiger partial charge is 0.417 e. The Morgan fingerprint density at radius 3 is 2.36 bits per heavy atom. The molecule has 0 saturated heterocycles. The third-order valence-corrected chi connectivity index (χ3v) is 6.05. The van der Waals surface area contributed by atoms with Gasteiger partial charge in [0.1, 0.15) is 0 Å².